The Hall–Kier alpha value is -2.66. The molecular formula is C21H27N3O2. The molecule has 2 aromatic carbocycles. The Morgan fingerprint density at radius 1 is 0.885 bits per heavy atom. The van der Waals surface area contributed by atoms with Crippen molar-refractivity contribution in [2.45, 2.75) is 33.9 Å². The Kier molecular flexibility index (Phi) is 7.36. The summed E-state index contributed by atoms with van der Waals surface area (Å²) >= 11 is 0. The summed E-state index contributed by atoms with van der Waals surface area (Å²) in [4.78, 5) is 26.3. The standard InChI is InChI=1S/C21H27N3O2/c1-4-24(5-2)15-18-12-10-17(11-13-18)14-22-20(25)21(26)23-19-9-7-6-8-16(19)3/h6-13H,4-5,14-15H2,1-3H3,(H,22,25)(H,23,26). The second-order valence-electron chi connectivity index (χ2n) is 6.23. The molecule has 138 valence electrons. The maximum absolute atomic E-state index is 12.0. The zero-order valence-corrected chi connectivity index (χ0v) is 15.7. The van der Waals surface area contributed by atoms with Crippen molar-refractivity contribution in [2.75, 3.05) is 18.4 Å². The fourth-order valence-corrected chi connectivity index (χ4v) is 2.62. The summed E-state index contributed by atoms with van der Waals surface area (Å²) in [7, 11) is 0. The average molecular weight is 353 g/mol. The first-order valence-electron chi connectivity index (χ1n) is 8.98. The summed E-state index contributed by atoms with van der Waals surface area (Å²) in [5.41, 5.74) is 3.76. The van der Waals surface area contributed by atoms with Crippen LogP contribution < -0.4 is 10.6 Å². The van der Waals surface area contributed by atoms with Crippen LogP contribution in [0.5, 0.6) is 0 Å². The molecule has 0 unspecified atom stereocenters. The minimum atomic E-state index is -0.655. The van der Waals surface area contributed by atoms with Crippen LogP contribution in [0.4, 0.5) is 5.69 Å². The summed E-state index contributed by atoms with van der Waals surface area (Å²) in [6, 6.07) is 15.5. The molecular weight excluding hydrogens is 326 g/mol. The van der Waals surface area contributed by atoms with E-state index in [1.165, 1.54) is 5.56 Å². The summed E-state index contributed by atoms with van der Waals surface area (Å²) in [5, 5.41) is 5.29. The lowest BCUT2D eigenvalue weighted by Gasteiger charge is -2.18. The molecule has 0 aromatic heterocycles. The van der Waals surface area contributed by atoms with Gasteiger partial charge in [0.15, 0.2) is 0 Å². The maximum atomic E-state index is 12.0. The van der Waals surface area contributed by atoms with Gasteiger partial charge < -0.3 is 10.6 Å². The van der Waals surface area contributed by atoms with E-state index < -0.39 is 11.8 Å². The van der Waals surface area contributed by atoms with Crippen LogP contribution >= 0.6 is 0 Å². The second kappa shape index (κ2) is 9.73. The number of hydrogen-bond donors (Lipinski definition) is 2. The first-order valence-corrected chi connectivity index (χ1v) is 8.98. The fraction of sp³-hybridized carbons (Fsp3) is 0.333. The molecule has 0 radical (unpaired) electrons. The number of benzene rings is 2. The molecule has 0 fully saturated rings. The van der Waals surface area contributed by atoms with E-state index in [2.05, 4.69) is 41.5 Å². The van der Waals surface area contributed by atoms with Crippen molar-refractivity contribution in [1.82, 2.24) is 10.2 Å². The first-order chi connectivity index (χ1) is 12.5. The van der Waals surface area contributed by atoms with Gasteiger partial charge in [-0.2, -0.15) is 0 Å². The van der Waals surface area contributed by atoms with E-state index in [1.54, 1.807) is 6.07 Å². The number of carbonyl (C=O) groups is 2. The SMILES string of the molecule is CCN(CC)Cc1ccc(CNC(=O)C(=O)Nc2ccccc2C)cc1. The van der Waals surface area contributed by atoms with Crippen molar-refractivity contribution in [3.05, 3.63) is 65.2 Å². The van der Waals surface area contributed by atoms with Crippen LogP contribution in [0, 0.1) is 6.92 Å². The molecule has 5 heteroatoms. The number of hydrogen-bond acceptors (Lipinski definition) is 3. The lowest BCUT2D eigenvalue weighted by molar-refractivity contribution is -0.136. The van der Waals surface area contributed by atoms with E-state index in [9.17, 15) is 9.59 Å². The van der Waals surface area contributed by atoms with Gasteiger partial charge in [0.2, 0.25) is 0 Å². The van der Waals surface area contributed by atoms with Crippen molar-refractivity contribution < 1.29 is 9.59 Å². The van der Waals surface area contributed by atoms with Crippen LogP contribution in [0.2, 0.25) is 0 Å². The normalized spacial score (nSPS) is 10.6. The fourth-order valence-electron chi connectivity index (χ4n) is 2.62. The zero-order valence-electron chi connectivity index (χ0n) is 15.7. The van der Waals surface area contributed by atoms with E-state index in [0.29, 0.717) is 12.2 Å². The minimum Gasteiger partial charge on any atom is -0.344 e. The first kappa shape index (κ1) is 19.7. The van der Waals surface area contributed by atoms with Gasteiger partial charge in [-0.25, -0.2) is 0 Å². The third-order valence-electron chi connectivity index (χ3n) is 4.38. The third kappa shape index (κ3) is 5.70. The minimum absolute atomic E-state index is 0.325. The van der Waals surface area contributed by atoms with Crippen LogP contribution in [0.15, 0.2) is 48.5 Å². The lowest BCUT2D eigenvalue weighted by atomic mass is 10.1. The quantitative estimate of drug-likeness (QED) is 0.752. The van der Waals surface area contributed by atoms with Crippen LogP contribution in [-0.2, 0) is 22.7 Å². The molecule has 0 saturated heterocycles. The number of rotatable bonds is 7. The smallest absolute Gasteiger partial charge is 0.313 e. The van der Waals surface area contributed by atoms with Gasteiger partial charge in [0, 0.05) is 18.8 Å². The molecule has 2 amide bonds. The highest BCUT2D eigenvalue weighted by atomic mass is 16.2. The summed E-state index contributed by atoms with van der Waals surface area (Å²) in [6.07, 6.45) is 0. The third-order valence-corrected chi connectivity index (χ3v) is 4.38. The van der Waals surface area contributed by atoms with Gasteiger partial charge in [0.25, 0.3) is 0 Å². The predicted molar refractivity (Wildman–Crippen MR) is 105 cm³/mol. The van der Waals surface area contributed by atoms with Gasteiger partial charge in [-0.1, -0.05) is 56.3 Å². The molecule has 0 aliphatic heterocycles. The second-order valence-corrected chi connectivity index (χ2v) is 6.23. The molecule has 0 bridgehead atoms. The van der Waals surface area contributed by atoms with Crippen LogP contribution in [0.1, 0.15) is 30.5 Å². The molecule has 0 aliphatic rings. The Bertz CT molecular complexity index is 737. The van der Waals surface area contributed by atoms with Gasteiger partial charge in [0.1, 0.15) is 0 Å². The highest BCUT2D eigenvalue weighted by Gasteiger charge is 2.14. The molecule has 2 rings (SSSR count). The number of aryl methyl sites for hydroxylation is 1. The van der Waals surface area contributed by atoms with Crippen molar-refractivity contribution >= 4 is 17.5 Å². The molecule has 2 N–H and O–H groups in total. The van der Waals surface area contributed by atoms with Crippen molar-refractivity contribution in [3.8, 4) is 0 Å². The molecule has 0 saturated carbocycles. The molecule has 0 heterocycles. The number of nitrogens with one attached hydrogen (secondary N) is 2. The predicted octanol–water partition coefficient (Wildman–Crippen LogP) is 3.09. The zero-order chi connectivity index (χ0) is 18.9. The largest absolute Gasteiger partial charge is 0.344 e. The van der Waals surface area contributed by atoms with Crippen LogP contribution in [0.25, 0.3) is 0 Å². The Labute approximate surface area is 155 Å². The van der Waals surface area contributed by atoms with Gasteiger partial charge >= 0.3 is 11.8 Å². The van der Waals surface area contributed by atoms with Crippen molar-refractivity contribution in [2.24, 2.45) is 0 Å². The van der Waals surface area contributed by atoms with Gasteiger partial charge in [-0.15, -0.1) is 0 Å². The monoisotopic (exact) mass is 353 g/mol. The number of carbonyl (C=O) groups excluding carboxylic acids is 2. The van der Waals surface area contributed by atoms with E-state index in [1.807, 2.05) is 37.3 Å². The van der Waals surface area contributed by atoms with Crippen LogP contribution in [0.3, 0.4) is 0 Å². The van der Waals surface area contributed by atoms with E-state index in [0.717, 1.165) is 30.8 Å². The molecule has 0 spiro atoms. The number of nitrogens with zero attached hydrogens (tertiary/aromatic N) is 1. The number of para-hydroxylation sites is 1. The topological polar surface area (TPSA) is 61.4 Å². The van der Waals surface area contributed by atoms with Crippen molar-refractivity contribution in [1.29, 1.82) is 0 Å². The van der Waals surface area contributed by atoms with E-state index in [4.69, 9.17) is 0 Å². The summed E-state index contributed by atoms with van der Waals surface area (Å²) < 4.78 is 0. The Morgan fingerprint density at radius 2 is 1.50 bits per heavy atom. The Morgan fingerprint density at radius 3 is 2.12 bits per heavy atom. The molecule has 2 aromatic rings. The maximum Gasteiger partial charge on any atom is 0.313 e. The molecule has 0 atom stereocenters. The lowest BCUT2D eigenvalue weighted by Crippen LogP contribution is -2.35. The highest BCUT2D eigenvalue weighted by molar-refractivity contribution is 6.39. The average Bonchev–Trinajstić information content (AvgIpc) is 2.66. The van der Waals surface area contributed by atoms with Gasteiger partial charge in [-0.3, -0.25) is 14.5 Å². The molecule has 5 nitrogen and oxygen atoms in total. The van der Waals surface area contributed by atoms with Gasteiger partial charge in [0.05, 0.1) is 0 Å². The van der Waals surface area contributed by atoms with E-state index >= 15 is 0 Å². The molecule has 26 heavy (non-hydrogen) atoms. The van der Waals surface area contributed by atoms with Crippen molar-refractivity contribution in [3.63, 3.8) is 0 Å². The molecule has 0 aliphatic carbocycles. The summed E-state index contributed by atoms with van der Waals surface area (Å²) in [6.45, 7) is 9.46. The van der Waals surface area contributed by atoms with Gasteiger partial charge in [-0.05, 0) is 42.8 Å². The van der Waals surface area contributed by atoms with Crippen LogP contribution in [-0.4, -0.2) is 29.8 Å². The number of anilines is 1. The van der Waals surface area contributed by atoms with E-state index in [-0.39, 0.29) is 0 Å². The number of amides is 2. The Balaban J connectivity index is 1.85. The highest BCUT2D eigenvalue weighted by Crippen LogP contribution is 2.13. The summed E-state index contributed by atoms with van der Waals surface area (Å²) in [5.74, 6) is -1.29.